The highest BCUT2D eigenvalue weighted by atomic mass is 16.5. The van der Waals surface area contributed by atoms with E-state index >= 15 is 0 Å². The van der Waals surface area contributed by atoms with E-state index in [1.54, 1.807) is 0 Å². The second-order valence-corrected chi connectivity index (χ2v) is 3.80. The van der Waals surface area contributed by atoms with Gasteiger partial charge in [-0.25, -0.2) is 0 Å². The van der Waals surface area contributed by atoms with Crippen molar-refractivity contribution in [1.82, 2.24) is 5.32 Å². The number of amides is 1. The summed E-state index contributed by atoms with van der Waals surface area (Å²) < 4.78 is 4.97. The fraction of sp³-hybridized carbons (Fsp3) is 0.889. The van der Waals surface area contributed by atoms with Crippen LogP contribution in [0.3, 0.4) is 0 Å². The van der Waals surface area contributed by atoms with E-state index in [1.807, 2.05) is 0 Å². The molecule has 68 valence electrons. The molecule has 0 aromatic carbocycles. The molecule has 0 radical (unpaired) electrons. The molecular weight excluding hydrogens is 154 g/mol. The number of rotatable bonds is 3. The van der Waals surface area contributed by atoms with Crippen LogP contribution in [0.2, 0.25) is 0 Å². The van der Waals surface area contributed by atoms with Gasteiger partial charge in [0.25, 0.3) is 0 Å². The minimum absolute atomic E-state index is 0.216. The lowest BCUT2D eigenvalue weighted by Crippen LogP contribution is -2.49. The van der Waals surface area contributed by atoms with Gasteiger partial charge in [0, 0.05) is 6.42 Å². The highest BCUT2D eigenvalue weighted by Gasteiger charge is 2.24. The summed E-state index contributed by atoms with van der Waals surface area (Å²) in [6.07, 6.45) is 4.53. The first-order chi connectivity index (χ1) is 5.84. The van der Waals surface area contributed by atoms with Crippen LogP contribution in [0.25, 0.3) is 0 Å². The van der Waals surface area contributed by atoms with Gasteiger partial charge >= 0.3 is 0 Å². The smallest absolute Gasteiger partial charge is 0.220 e. The summed E-state index contributed by atoms with van der Waals surface area (Å²) in [5, 5.41) is 2.95. The average molecular weight is 169 g/mol. The summed E-state index contributed by atoms with van der Waals surface area (Å²) in [6, 6.07) is 0.303. The van der Waals surface area contributed by atoms with Crippen LogP contribution in [-0.4, -0.2) is 25.2 Å². The topological polar surface area (TPSA) is 38.3 Å². The summed E-state index contributed by atoms with van der Waals surface area (Å²) in [6.45, 7) is 1.41. The van der Waals surface area contributed by atoms with Gasteiger partial charge in [-0.15, -0.1) is 0 Å². The van der Waals surface area contributed by atoms with Gasteiger partial charge in [-0.05, 0) is 18.8 Å². The Hall–Kier alpha value is -0.570. The first-order valence-electron chi connectivity index (χ1n) is 4.71. The minimum Gasteiger partial charge on any atom is -0.377 e. The van der Waals surface area contributed by atoms with Gasteiger partial charge in [-0.2, -0.15) is 0 Å². The zero-order chi connectivity index (χ0) is 8.39. The maximum atomic E-state index is 11.3. The molecule has 0 unspecified atom stereocenters. The average Bonchev–Trinajstić information content (AvgIpc) is 1.89. The standard InChI is InChI=1S/C9H15NO2/c11-9(4-7-2-1-3-7)10-8-5-12-6-8/h7-8H,1-6H2,(H,10,11). The molecule has 0 spiro atoms. The molecule has 1 heterocycles. The molecule has 3 heteroatoms. The first-order valence-corrected chi connectivity index (χ1v) is 4.71. The molecule has 2 aliphatic rings. The fourth-order valence-electron chi connectivity index (χ4n) is 1.56. The predicted octanol–water partition coefficient (Wildman–Crippen LogP) is 0.692. The number of hydrogen-bond acceptors (Lipinski definition) is 2. The lowest BCUT2D eigenvalue weighted by molar-refractivity contribution is -0.126. The van der Waals surface area contributed by atoms with E-state index in [-0.39, 0.29) is 5.91 Å². The van der Waals surface area contributed by atoms with Crippen molar-refractivity contribution in [2.45, 2.75) is 31.7 Å². The van der Waals surface area contributed by atoms with Crippen molar-refractivity contribution >= 4 is 5.91 Å². The molecule has 2 fully saturated rings. The van der Waals surface area contributed by atoms with Crippen molar-refractivity contribution in [3.63, 3.8) is 0 Å². The summed E-state index contributed by atoms with van der Waals surface area (Å²) in [4.78, 5) is 11.3. The van der Waals surface area contributed by atoms with Gasteiger partial charge in [-0.1, -0.05) is 6.42 Å². The zero-order valence-electron chi connectivity index (χ0n) is 7.21. The number of carbonyl (C=O) groups is 1. The molecule has 1 aliphatic heterocycles. The zero-order valence-corrected chi connectivity index (χ0v) is 7.21. The molecule has 12 heavy (non-hydrogen) atoms. The van der Waals surface area contributed by atoms with Gasteiger partial charge in [0.1, 0.15) is 0 Å². The van der Waals surface area contributed by atoms with Crippen LogP contribution in [0.15, 0.2) is 0 Å². The van der Waals surface area contributed by atoms with Crippen LogP contribution in [-0.2, 0) is 9.53 Å². The lowest BCUT2D eigenvalue weighted by Gasteiger charge is -2.29. The fourth-order valence-corrected chi connectivity index (χ4v) is 1.56. The van der Waals surface area contributed by atoms with Crippen molar-refractivity contribution in [2.75, 3.05) is 13.2 Å². The molecule has 1 saturated carbocycles. The van der Waals surface area contributed by atoms with E-state index in [0.29, 0.717) is 25.2 Å². The van der Waals surface area contributed by atoms with Gasteiger partial charge in [0.15, 0.2) is 0 Å². The monoisotopic (exact) mass is 169 g/mol. The van der Waals surface area contributed by atoms with Gasteiger partial charge < -0.3 is 10.1 Å². The van der Waals surface area contributed by atoms with Crippen molar-refractivity contribution in [2.24, 2.45) is 5.92 Å². The number of ether oxygens (including phenoxy) is 1. The highest BCUT2D eigenvalue weighted by molar-refractivity contribution is 5.76. The Labute approximate surface area is 72.5 Å². The largest absolute Gasteiger partial charge is 0.377 e. The van der Waals surface area contributed by atoms with Gasteiger partial charge in [0.2, 0.25) is 5.91 Å². The molecule has 3 nitrogen and oxygen atoms in total. The van der Waals surface area contributed by atoms with Crippen LogP contribution in [0.4, 0.5) is 0 Å². The molecule has 0 aromatic heterocycles. The number of hydrogen-bond donors (Lipinski definition) is 1. The summed E-state index contributed by atoms with van der Waals surface area (Å²) in [5.41, 5.74) is 0. The van der Waals surface area contributed by atoms with E-state index in [9.17, 15) is 4.79 Å². The van der Waals surface area contributed by atoms with Crippen molar-refractivity contribution in [3.05, 3.63) is 0 Å². The second-order valence-electron chi connectivity index (χ2n) is 3.80. The molecular formula is C9H15NO2. The predicted molar refractivity (Wildman–Crippen MR) is 44.7 cm³/mol. The highest BCUT2D eigenvalue weighted by Crippen LogP contribution is 2.29. The van der Waals surface area contributed by atoms with Crippen LogP contribution in [0.1, 0.15) is 25.7 Å². The molecule has 1 saturated heterocycles. The number of carbonyl (C=O) groups excluding carboxylic acids is 1. The van der Waals surface area contributed by atoms with E-state index in [2.05, 4.69) is 5.32 Å². The third-order valence-corrected chi connectivity index (χ3v) is 2.70. The van der Waals surface area contributed by atoms with Crippen LogP contribution >= 0.6 is 0 Å². The van der Waals surface area contributed by atoms with Crippen molar-refractivity contribution in [3.8, 4) is 0 Å². The summed E-state index contributed by atoms with van der Waals surface area (Å²) >= 11 is 0. The van der Waals surface area contributed by atoms with Crippen LogP contribution < -0.4 is 5.32 Å². The lowest BCUT2D eigenvalue weighted by atomic mass is 9.83. The molecule has 0 atom stereocenters. The Kier molecular flexibility index (Phi) is 2.30. The third kappa shape index (κ3) is 1.78. The van der Waals surface area contributed by atoms with E-state index in [1.165, 1.54) is 19.3 Å². The molecule has 1 N–H and O–H groups in total. The maximum Gasteiger partial charge on any atom is 0.220 e. The third-order valence-electron chi connectivity index (χ3n) is 2.70. The molecule has 1 aliphatic carbocycles. The van der Waals surface area contributed by atoms with Gasteiger partial charge in [0.05, 0.1) is 19.3 Å². The maximum absolute atomic E-state index is 11.3. The van der Waals surface area contributed by atoms with E-state index < -0.39 is 0 Å². The van der Waals surface area contributed by atoms with Crippen LogP contribution in [0.5, 0.6) is 0 Å². The van der Waals surface area contributed by atoms with E-state index in [0.717, 1.165) is 6.42 Å². The van der Waals surface area contributed by atoms with Crippen LogP contribution in [0, 0.1) is 5.92 Å². The normalized spacial score (nSPS) is 24.3. The van der Waals surface area contributed by atoms with E-state index in [4.69, 9.17) is 4.74 Å². The Balaban J connectivity index is 1.62. The Morgan fingerprint density at radius 2 is 2.17 bits per heavy atom. The quantitative estimate of drug-likeness (QED) is 0.675. The molecule has 1 amide bonds. The Morgan fingerprint density at radius 3 is 2.58 bits per heavy atom. The second kappa shape index (κ2) is 3.44. The number of nitrogens with one attached hydrogen (secondary N) is 1. The summed E-state index contributed by atoms with van der Waals surface area (Å²) in [7, 11) is 0. The Bertz CT molecular complexity index is 155. The van der Waals surface area contributed by atoms with Crippen molar-refractivity contribution < 1.29 is 9.53 Å². The summed E-state index contributed by atoms with van der Waals surface area (Å²) in [5.74, 6) is 0.888. The first kappa shape index (κ1) is 8.05. The molecule has 2 rings (SSSR count). The minimum atomic E-state index is 0.216. The molecule has 0 bridgehead atoms. The van der Waals surface area contributed by atoms with Gasteiger partial charge in [-0.3, -0.25) is 4.79 Å². The SMILES string of the molecule is O=C(CC1CCC1)NC1COC1. The Morgan fingerprint density at radius 1 is 1.42 bits per heavy atom. The molecule has 0 aromatic rings. The van der Waals surface area contributed by atoms with Crippen molar-refractivity contribution in [1.29, 1.82) is 0 Å².